The largest absolute Gasteiger partial charge is 0.465 e. The molecule has 4 heteroatoms. The molecule has 1 saturated heterocycles. The second-order valence-electron chi connectivity index (χ2n) is 3.20. The summed E-state index contributed by atoms with van der Waals surface area (Å²) in [6.07, 6.45) is 1.69. The molecule has 0 aromatic rings. The lowest BCUT2D eigenvalue weighted by Gasteiger charge is -2.08. The number of carbonyl (C=O) groups is 1. The summed E-state index contributed by atoms with van der Waals surface area (Å²) in [5.74, 6) is 0.00338. The Bertz CT molecular complexity index is 155. The van der Waals surface area contributed by atoms with Crippen LogP contribution in [-0.4, -0.2) is 39.4 Å². The molecule has 76 valence electrons. The first-order valence-corrected chi connectivity index (χ1v) is 4.71. The Labute approximate surface area is 78.6 Å². The van der Waals surface area contributed by atoms with Crippen molar-refractivity contribution in [1.82, 2.24) is 5.32 Å². The standard InChI is InChI=1S/C9H17NO3/c1-12-5-2-6-13-9(11)8-3-4-10-7-8/h8,10H,2-7H2,1H3. The summed E-state index contributed by atoms with van der Waals surface area (Å²) in [6, 6.07) is 0. The Hall–Kier alpha value is -0.610. The van der Waals surface area contributed by atoms with E-state index in [9.17, 15) is 4.79 Å². The van der Waals surface area contributed by atoms with E-state index in [1.54, 1.807) is 7.11 Å². The molecule has 1 aliphatic rings. The van der Waals surface area contributed by atoms with Gasteiger partial charge in [0.1, 0.15) is 0 Å². The molecule has 0 bridgehead atoms. The predicted octanol–water partition coefficient (Wildman–Crippen LogP) is 0.176. The van der Waals surface area contributed by atoms with Crippen molar-refractivity contribution < 1.29 is 14.3 Å². The molecule has 4 nitrogen and oxygen atoms in total. The van der Waals surface area contributed by atoms with Crippen LogP contribution in [0.25, 0.3) is 0 Å². The number of esters is 1. The van der Waals surface area contributed by atoms with Gasteiger partial charge in [-0.05, 0) is 13.0 Å². The molecule has 0 aromatic heterocycles. The smallest absolute Gasteiger partial charge is 0.310 e. The summed E-state index contributed by atoms with van der Waals surface area (Å²) < 4.78 is 9.91. The lowest BCUT2D eigenvalue weighted by molar-refractivity contribution is -0.148. The highest BCUT2D eigenvalue weighted by Crippen LogP contribution is 2.09. The molecule has 0 aromatic carbocycles. The molecule has 1 rings (SSSR count). The minimum atomic E-state index is -0.0684. The van der Waals surface area contributed by atoms with Gasteiger partial charge in [-0.15, -0.1) is 0 Å². The van der Waals surface area contributed by atoms with E-state index < -0.39 is 0 Å². The number of hydrogen-bond acceptors (Lipinski definition) is 4. The average Bonchev–Trinajstić information content (AvgIpc) is 2.65. The third-order valence-electron chi connectivity index (χ3n) is 2.13. The molecule has 1 fully saturated rings. The maximum atomic E-state index is 11.3. The van der Waals surface area contributed by atoms with Gasteiger partial charge in [0.15, 0.2) is 0 Å². The molecule has 0 radical (unpaired) electrons. The van der Waals surface area contributed by atoms with Crippen molar-refractivity contribution in [3.05, 3.63) is 0 Å². The van der Waals surface area contributed by atoms with Crippen LogP contribution in [0, 0.1) is 5.92 Å². The van der Waals surface area contributed by atoms with Gasteiger partial charge in [-0.2, -0.15) is 0 Å². The highest BCUT2D eigenvalue weighted by Gasteiger charge is 2.23. The maximum absolute atomic E-state index is 11.3. The maximum Gasteiger partial charge on any atom is 0.310 e. The zero-order chi connectivity index (χ0) is 9.52. The number of rotatable bonds is 5. The van der Waals surface area contributed by atoms with E-state index in [1.807, 2.05) is 0 Å². The van der Waals surface area contributed by atoms with Crippen LogP contribution in [0.2, 0.25) is 0 Å². The highest BCUT2D eigenvalue weighted by atomic mass is 16.5. The summed E-state index contributed by atoms with van der Waals surface area (Å²) in [4.78, 5) is 11.3. The van der Waals surface area contributed by atoms with E-state index in [1.165, 1.54) is 0 Å². The molecule has 1 unspecified atom stereocenters. The quantitative estimate of drug-likeness (QED) is 0.492. The van der Waals surface area contributed by atoms with Gasteiger partial charge in [0.2, 0.25) is 0 Å². The third kappa shape index (κ3) is 3.74. The zero-order valence-electron chi connectivity index (χ0n) is 8.04. The number of nitrogens with one attached hydrogen (secondary N) is 1. The van der Waals surface area contributed by atoms with E-state index in [2.05, 4.69) is 5.32 Å². The Morgan fingerprint density at radius 3 is 3.00 bits per heavy atom. The first-order valence-electron chi connectivity index (χ1n) is 4.71. The zero-order valence-corrected chi connectivity index (χ0v) is 8.04. The van der Waals surface area contributed by atoms with E-state index >= 15 is 0 Å². The molecule has 1 atom stereocenters. The fourth-order valence-corrected chi connectivity index (χ4v) is 1.35. The molecule has 1 aliphatic heterocycles. The SMILES string of the molecule is COCCCOC(=O)C1CCNC1. The molecule has 0 amide bonds. The van der Waals surface area contributed by atoms with Crippen LogP contribution in [0.3, 0.4) is 0 Å². The molecule has 1 heterocycles. The van der Waals surface area contributed by atoms with Crippen molar-refractivity contribution in [2.45, 2.75) is 12.8 Å². The fourth-order valence-electron chi connectivity index (χ4n) is 1.35. The summed E-state index contributed by atoms with van der Waals surface area (Å²) in [7, 11) is 1.64. The van der Waals surface area contributed by atoms with Crippen molar-refractivity contribution in [2.24, 2.45) is 5.92 Å². The van der Waals surface area contributed by atoms with Crippen molar-refractivity contribution in [1.29, 1.82) is 0 Å². The van der Waals surface area contributed by atoms with Gasteiger partial charge < -0.3 is 14.8 Å². The van der Waals surface area contributed by atoms with E-state index in [-0.39, 0.29) is 11.9 Å². The first-order chi connectivity index (χ1) is 6.34. The average molecular weight is 187 g/mol. The Morgan fingerprint density at radius 2 is 2.38 bits per heavy atom. The Morgan fingerprint density at radius 1 is 1.54 bits per heavy atom. The fraction of sp³-hybridized carbons (Fsp3) is 0.889. The van der Waals surface area contributed by atoms with Crippen LogP contribution in [0.4, 0.5) is 0 Å². The normalized spacial score (nSPS) is 21.8. The van der Waals surface area contributed by atoms with E-state index in [0.29, 0.717) is 13.2 Å². The van der Waals surface area contributed by atoms with Crippen LogP contribution >= 0.6 is 0 Å². The lowest BCUT2D eigenvalue weighted by atomic mass is 10.1. The van der Waals surface area contributed by atoms with Crippen molar-refractivity contribution in [3.8, 4) is 0 Å². The van der Waals surface area contributed by atoms with Crippen LogP contribution < -0.4 is 5.32 Å². The molecule has 0 saturated carbocycles. The Balaban J connectivity index is 2.03. The monoisotopic (exact) mass is 187 g/mol. The molecule has 0 aliphatic carbocycles. The minimum absolute atomic E-state index is 0.0684. The minimum Gasteiger partial charge on any atom is -0.465 e. The van der Waals surface area contributed by atoms with Crippen LogP contribution in [0.5, 0.6) is 0 Å². The van der Waals surface area contributed by atoms with E-state index in [0.717, 1.165) is 25.9 Å². The van der Waals surface area contributed by atoms with Crippen LogP contribution in [0.15, 0.2) is 0 Å². The molecule has 13 heavy (non-hydrogen) atoms. The van der Waals surface area contributed by atoms with Gasteiger partial charge in [0, 0.05) is 26.7 Å². The molecule has 0 spiro atoms. The highest BCUT2D eigenvalue weighted by molar-refractivity contribution is 5.73. The van der Waals surface area contributed by atoms with Gasteiger partial charge in [-0.3, -0.25) is 4.79 Å². The van der Waals surface area contributed by atoms with Crippen LogP contribution in [-0.2, 0) is 14.3 Å². The summed E-state index contributed by atoms with van der Waals surface area (Å²) >= 11 is 0. The van der Waals surface area contributed by atoms with Crippen molar-refractivity contribution >= 4 is 5.97 Å². The summed E-state index contributed by atoms with van der Waals surface area (Å²) in [5, 5.41) is 3.13. The number of ether oxygens (including phenoxy) is 2. The Kier molecular flexibility index (Phi) is 4.78. The van der Waals surface area contributed by atoms with Crippen molar-refractivity contribution in [3.63, 3.8) is 0 Å². The van der Waals surface area contributed by atoms with Gasteiger partial charge in [-0.1, -0.05) is 0 Å². The third-order valence-corrected chi connectivity index (χ3v) is 2.13. The molecular weight excluding hydrogens is 170 g/mol. The van der Waals surface area contributed by atoms with Gasteiger partial charge in [-0.25, -0.2) is 0 Å². The topological polar surface area (TPSA) is 47.6 Å². The number of carbonyl (C=O) groups excluding carboxylic acids is 1. The molecular formula is C9H17NO3. The van der Waals surface area contributed by atoms with Crippen molar-refractivity contribution in [2.75, 3.05) is 33.4 Å². The summed E-state index contributed by atoms with van der Waals surface area (Å²) in [6.45, 7) is 2.82. The van der Waals surface area contributed by atoms with Crippen LogP contribution in [0.1, 0.15) is 12.8 Å². The van der Waals surface area contributed by atoms with Gasteiger partial charge in [0.25, 0.3) is 0 Å². The first kappa shape index (κ1) is 10.5. The second kappa shape index (κ2) is 5.94. The number of hydrogen-bond donors (Lipinski definition) is 1. The lowest BCUT2D eigenvalue weighted by Crippen LogP contribution is -2.21. The predicted molar refractivity (Wildman–Crippen MR) is 48.4 cm³/mol. The van der Waals surface area contributed by atoms with Gasteiger partial charge in [0.05, 0.1) is 12.5 Å². The number of methoxy groups -OCH3 is 1. The second-order valence-corrected chi connectivity index (χ2v) is 3.20. The molecule has 1 N–H and O–H groups in total. The van der Waals surface area contributed by atoms with E-state index in [4.69, 9.17) is 9.47 Å². The summed E-state index contributed by atoms with van der Waals surface area (Å²) in [5.41, 5.74) is 0. The van der Waals surface area contributed by atoms with Gasteiger partial charge >= 0.3 is 5.97 Å².